The first-order chi connectivity index (χ1) is 12.4. The van der Waals surface area contributed by atoms with Crippen molar-refractivity contribution in [2.75, 3.05) is 5.32 Å². The fourth-order valence-corrected chi connectivity index (χ4v) is 2.74. The van der Waals surface area contributed by atoms with Gasteiger partial charge in [0, 0.05) is 16.7 Å². The van der Waals surface area contributed by atoms with E-state index in [0.717, 1.165) is 16.7 Å². The van der Waals surface area contributed by atoms with Crippen molar-refractivity contribution in [2.24, 2.45) is 0 Å². The smallest absolute Gasteiger partial charge is 0.293 e. The van der Waals surface area contributed by atoms with E-state index in [-0.39, 0.29) is 17.1 Å². The zero-order chi connectivity index (χ0) is 18.8. The summed E-state index contributed by atoms with van der Waals surface area (Å²) < 4.78 is 5.62. The number of benzene rings is 2. The van der Waals surface area contributed by atoms with Crippen molar-refractivity contribution in [2.45, 2.75) is 13.8 Å². The summed E-state index contributed by atoms with van der Waals surface area (Å²) in [5.41, 5.74) is 2.28. The molecule has 26 heavy (non-hydrogen) atoms. The normalized spacial score (nSPS) is 10.6. The number of amides is 1. The molecule has 2 aromatic carbocycles. The van der Waals surface area contributed by atoms with E-state index in [9.17, 15) is 14.9 Å². The van der Waals surface area contributed by atoms with E-state index >= 15 is 0 Å². The van der Waals surface area contributed by atoms with Gasteiger partial charge in [-0.15, -0.1) is 0 Å². The Morgan fingerprint density at radius 3 is 2.65 bits per heavy atom. The summed E-state index contributed by atoms with van der Waals surface area (Å²) in [7, 11) is 0. The average molecular weight is 371 g/mol. The Bertz CT molecular complexity index is 1010. The lowest BCUT2D eigenvalue weighted by Crippen LogP contribution is -2.12. The summed E-state index contributed by atoms with van der Waals surface area (Å²) >= 11 is 6.12. The first-order valence-corrected chi connectivity index (χ1v) is 8.16. The molecule has 3 rings (SSSR count). The Balaban J connectivity index is 1.88. The van der Waals surface area contributed by atoms with Crippen LogP contribution < -0.4 is 5.32 Å². The van der Waals surface area contributed by atoms with Crippen LogP contribution >= 0.6 is 11.6 Å². The van der Waals surface area contributed by atoms with Gasteiger partial charge in [-0.3, -0.25) is 14.9 Å². The molecule has 0 saturated carbocycles. The van der Waals surface area contributed by atoms with Crippen LogP contribution in [0.4, 0.5) is 11.4 Å². The van der Waals surface area contributed by atoms with Crippen LogP contribution in [0.5, 0.6) is 0 Å². The highest BCUT2D eigenvalue weighted by Gasteiger charge is 2.19. The number of furan rings is 1. The Kier molecular flexibility index (Phi) is 4.77. The summed E-state index contributed by atoms with van der Waals surface area (Å²) in [4.78, 5) is 23.0. The molecule has 0 aliphatic carbocycles. The van der Waals surface area contributed by atoms with Crippen LogP contribution in [-0.4, -0.2) is 10.8 Å². The third-order valence-electron chi connectivity index (χ3n) is 3.96. The van der Waals surface area contributed by atoms with E-state index in [1.54, 1.807) is 31.2 Å². The lowest BCUT2D eigenvalue weighted by Gasteiger charge is -2.06. The lowest BCUT2D eigenvalue weighted by atomic mass is 10.1. The maximum absolute atomic E-state index is 12.4. The number of rotatable bonds is 4. The number of carbonyl (C=O) groups excluding carboxylic acids is 1. The molecule has 0 saturated heterocycles. The highest BCUT2D eigenvalue weighted by molar-refractivity contribution is 6.31. The quantitative estimate of drug-likeness (QED) is 0.493. The number of hydrogen-bond donors (Lipinski definition) is 1. The van der Waals surface area contributed by atoms with Crippen LogP contribution in [0, 0.1) is 24.0 Å². The number of carbonyl (C=O) groups is 1. The standard InChI is InChI=1S/C19H15ClN2O4/c1-11-6-7-15(16(10-11)22(24)25)21-19(23)18-9-8-17(26-18)13-4-3-5-14(20)12(13)2/h3-10H,1-2H3,(H,21,23). The Hall–Kier alpha value is -3.12. The number of nitrogens with zero attached hydrogens (tertiary/aromatic N) is 1. The van der Waals surface area contributed by atoms with Gasteiger partial charge in [0.25, 0.3) is 11.6 Å². The first kappa shape index (κ1) is 17.7. The highest BCUT2D eigenvalue weighted by atomic mass is 35.5. The summed E-state index contributed by atoms with van der Waals surface area (Å²) in [6, 6.07) is 13.2. The average Bonchev–Trinajstić information content (AvgIpc) is 3.08. The largest absolute Gasteiger partial charge is 0.451 e. The van der Waals surface area contributed by atoms with Gasteiger partial charge in [0.1, 0.15) is 11.4 Å². The van der Waals surface area contributed by atoms with E-state index in [1.165, 1.54) is 18.2 Å². The number of anilines is 1. The predicted molar refractivity (Wildman–Crippen MR) is 99.7 cm³/mol. The molecular formula is C19H15ClN2O4. The molecule has 0 bridgehead atoms. The molecule has 0 atom stereocenters. The lowest BCUT2D eigenvalue weighted by molar-refractivity contribution is -0.384. The van der Waals surface area contributed by atoms with Crippen LogP contribution in [-0.2, 0) is 0 Å². The maximum Gasteiger partial charge on any atom is 0.293 e. The maximum atomic E-state index is 12.4. The third kappa shape index (κ3) is 3.45. The van der Waals surface area contributed by atoms with Gasteiger partial charge >= 0.3 is 0 Å². The molecule has 3 aromatic rings. The van der Waals surface area contributed by atoms with E-state index in [0.29, 0.717) is 10.8 Å². The fourth-order valence-electron chi connectivity index (χ4n) is 2.56. The molecular weight excluding hydrogens is 356 g/mol. The molecule has 1 aromatic heterocycles. The SMILES string of the molecule is Cc1ccc(NC(=O)c2ccc(-c3cccc(Cl)c3C)o2)c([N+](=O)[O-])c1. The fraction of sp³-hybridized carbons (Fsp3) is 0.105. The third-order valence-corrected chi connectivity index (χ3v) is 4.37. The van der Waals surface area contributed by atoms with Crippen molar-refractivity contribution in [3.63, 3.8) is 0 Å². The monoisotopic (exact) mass is 370 g/mol. The zero-order valence-corrected chi connectivity index (χ0v) is 14.8. The Morgan fingerprint density at radius 2 is 1.92 bits per heavy atom. The summed E-state index contributed by atoms with van der Waals surface area (Å²) in [6.07, 6.45) is 0. The number of hydrogen-bond acceptors (Lipinski definition) is 4. The van der Waals surface area contributed by atoms with Gasteiger partial charge in [0.05, 0.1) is 4.92 Å². The zero-order valence-electron chi connectivity index (χ0n) is 14.1. The number of halogens is 1. The Morgan fingerprint density at radius 1 is 1.15 bits per heavy atom. The van der Waals surface area contributed by atoms with Gasteiger partial charge in [-0.1, -0.05) is 29.8 Å². The molecule has 0 unspecified atom stereocenters. The molecule has 1 amide bonds. The van der Waals surface area contributed by atoms with Crippen LogP contribution in [0.3, 0.4) is 0 Å². The van der Waals surface area contributed by atoms with Crippen molar-refractivity contribution in [1.82, 2.24) is 0 Å². The molecule has 1 N–H and O–H groups in total. The van der Waals surface area contributed by atoms with Crippen molar-refractivity contribution >= 4 is 28.9 Å². The molecule has 0 fully saturated rings. The van der Waals surface area contributed by atoms with Crippen LogP contribution in [0.15, 0.2) is 52.9 Å². The van der Waals surface area contributed by atoms with Gasteiger partial charge in [-0.25, -0.2) is 0 Å². The second-order valence-electron chi connectivity index (χ2n) is 5.81. The summed E-state index contributed by atoms with van der Waals surface area (Å²) in [5, 5.41) is 14.3. The molecule has 0 aliphatic rings. The number of nitro benzene ring substituents is 1. The molecule has 0 aliphatic heterocycles. The number of nitrogens with one attached hydrogen (secondary N) is 1. The van der Waals surface area contributed by atoms with E-state index in [1.807, 2.05) is 13.0 Å². The molecule has 6 nitrogen and oxygen atoms in total. The van der Waals surface area contributed by atoms with E-state index in [4.69, 9.17) is 16.0 Å². The van der Waals surface area contributed by atoms with Crippen molar-refractivity contribution in [3.8, 4) is 11.3 Å². The summed E-state index contributed by atoms with van der Waals surface area (Å²) in [6.45, 7) is 3.60. The highest BCUT2D eigenvalue weighted by Crippen LogP contribution is 2.30. The van der Waals surface area contributed by atoms with Gasteiger partial charge < -0.3 is 9.73 Å². The molecule has 7 heteroatoms. The minimum absolute atomic E-state index is 0.0502. The van der Waals surface area contributed by atoms with Gasteiger partial charge in [0.15, 0.2) is 5.76 Å². The van der Waals surface area contributed by atoms with E-state index in [2.05, 4.69) is 5.32 Å². The molecule has 0 radical (unpaired) electrons. The molecule has 0 spiro atoms. The Labute approximate surface area is 154 Å². The predicted octanol–water partition coefficient (Wildman–Crippen LogP) is 5.38. The van der Waals surface area contributed by atoms with Crippen LogP contribution in [0.2, 0.25) is 5.02 Å². The minimum Gasteiger partial charge on any atom is -0.451 e. The first-order valence-electron chi connectivity index (χ1n) is 7.78. The van der Waals surface area contributed by atoms with Gasteiger partial charge in [-0.05, 0) is 49.2 Å². The van der Waals surface area contributed by atoms with Crippen LogP contribution in [0.25, 0.3) is 11.3 Å². The number of aryl methyl sites for hydroxylation is 1. The molecule has 132 valence electrons. The number of nitro groups is 1. The van der Waals surface area contributed by atoms with Crippen molar-refractivity contribution in [1.29, 1.82) is 0 Å². The second kappa shape index (κ2) is 7.01. The molecule has 1 heterocycles. The van der Waals surface area contributed by atoms with Crippen LogP contribution in [0.1, 0.15) is 21.7 Å². The van der Waals surface area contributed by atoms with E-state index < -0.39 is 10.8 Å². The topological polar surface area (TPSA) is 85.4 Å². The minimum atomic E-state index is -0.567. The van der Waals surface area contributed by atoms with Gasteiger partial charge in [-0.2, -0.15) is 0 Å². The van der Waals surface area contributed by atoms with Gasteiger partial charge in [0.2, 0.25) is 0 Å². The summed E-state index contributed by atoms with van der Waals surface area (Å²) in [5.74, 6) is -0.0225. The van der Waals surface area contributed by atoms with Crippen molar-refractivity contribution in [3.05, 3.63) is 80.6 Å². The van der Waals surface area contributed by atoms with Crippen molar-refractivity contribution < 1.29 is 14.1 Å². The second-order valence-corrected chi connectivity index (χ2v) is 6.22.